The maximum absolute atomic E-state index is 12.2. The molecule has 0 bridgehead atoms. The monoisotopic (exact) mass is 281 g/mol. The van der Waals surface area contributed by atoms with E-state index in [0.717, 1.165) is 10.2 Å². The smallest absolute Gasteiger partial charge is 0.279 e. The standard InChI is InChI=1S/C16H15N3O2/c17-19-15(10-14(20)11-6-2-1-3-7-11)18-13-9-5-4-8-12(13)16(19)21/h1-9,14,20H,10,17H2. The van der Waals surface area contributed by atoms with Gasteiger partial charge in [-0.25, -0.2) is 9.66 Å². The Hall–Kier alpha value is -2.66. The number of fused-ring (bicyclic) bond motifs is 1. The molecule has 1 unspecified atom stereocenters. The van der Waals surface area contributed by atoms with Crippen molar-refractivity contribution in [2.24, 2.45) is 0 Å². The zero-order chi connectivity index (χ0) is 14.8. The third-order valence-corrected chi connectivity index (χ3v) is 3.44. The quantitative estimate of drug-likeness (QED) is 0.711. The van der Waals surface area contributed by atoms with Crippen LogP contribution in [0.4, 0.5) is 0 Å². The number of rotatable bonds is 3. The Balaban J connectivity index is 2.01. The first-order chi connectivity index (χ1) is 10.2. The molecule has 3 rings (SSSR count). The van der Waals surface area contributed by atoms with Crippen molar-refractivity contribution in [1.82, 2.24) is 9.66 Å². The van der Waals surface area contributed by atoms with E-state index in [4.69, 9.17) is 5.84 Å². The average Bonchev–Trinajstić information content (AvgIpc) is 2.53. The molecule has 0 amide bonds. The number of nitrogen functional groups attached to an aromatic ring is 1. The van der Waals surface area contributed by atoms with Crippen LogP contribution < -0.4 is 11.4 Å². The maximum Gasteiger partial charge on any atom is 0.279 e. The largest absolute Gasteiger partial charge is 0.388 e. The van der Waals surface area contributed by atoms with Crippen molar-refractivity contribution >= 4 is 10.9 Å². The van der Waals surface area contributed by atoms with Crippen LogP contribution in [0.3, 0.4) is 0 Å². The molecule has 0 fully saturated rings. The third kappa shape index (κ3) is 2.51. The highest BCUT2D eigenvalue weighted by Gasteiger charge is 2.14. The molecule has 1 heterocycles. The van der Waals surface area contributed by atoms with E-state index in [1.165, 1.54) is 0 Å². The normalized spacial score (nSPS) is 12.4. The summed E-state index contributed by atoms with van der Waals surface area (Å²) < 4.78 is 1.01. The topological polar surface area (TPSA) is 81.1 Å². The minimum absolute atomic E-state index is 0.181. The molecule has 3 N–H and O–H groups in total. The van der Waals surface area contributed by atoms with Gasteiger partial charge in [0.15, 0.2) is 0 Å². The molecular weight excluding hydrogens is 266 g/mol. The molecule has 0 radical (unpaired) electrons. The summed E-state index contributed by atoms with van der Waals surface area (Å²) in [5.74, 6) is 6.16. The van der Waals surface area contributed by atoms with Crippen LogP contribution >= 0.6 is 0 Å². The summed E-state index contributed by atoms with van der Waals surface area (Å²) in [6.45, 7) is 0. The summed E-state index contributed by atoms with van der Waals surface area (Å²) in [6, 6.07) is 16.3. The molecule has 0 saturated heterocycles. The summed E-state index contributed by atoms with van der Waals surface area (Å²) in [5, 5.41) is 10.7. The molecule has 2 aromatic carbocycles. The van der Waals surface area contributed by atoms with Crippen molar-refractivity contribution in [1.29, 1.82) is 0 Å². The van der Waals surface area contributed by atoms with Crippen molar-refractivity contribution in [3.63, 3.8) is 0 Å². The Morgan fingerprint density at radius 3 is 2.52 bits per heavy atom. The molecule has 5 nitrogen and oxygen atoms in total. The van der Waals surface area contributed by atoms with Crippen molar-refractivity contribution in [2.75, 3.05) is 5.84 Å². The summed E-state index contributed by atoms with van der Waals surface area (Å²) in [6.07, 6.45) is -0.574. The van der Waals surface area contributed by atoms with Gasteiger partial charge >= 0.3 is 0 Å². The highest BCUT2D eigenvalue weighted by atomic mass is 16.3. The molecule has 106 valence electrons. The zero-order valence-electron chi connectivity index (χ0n) is 11.3. The number of benzene rings is 2. The van der Waals surface area contributed by atoms with Crippen molar-refractivity contribution < 1.29 is 5.11 Å². The molecule has 21 heavy (non-hydrogen) atoms. The number of hydrogen-bond donors (Lipinski definition) is 2. The lowest BCUT2D eigenvalue weighted by Crippen LogP contribution is -2.32. The first-order valence-electron chi connectivity index (χ1n) is 6.65. The summed E-state index contributed by atoms with van der Waals surface area (Å²) in [5.41, 5.74) is 1.04. The van der Waals surface area contributed by atoms with Crippen LogP contribution in [0.15, 0.2) is 59.4 Å². The average molecular weight is 281 g/mol. The van der Waals surface area contributed by atoms with Crippen molar-refractivity contribution in [3.05, 3.63) is 76.3 Å². The Bertz CT molecular complexity index is 828. The molecule has 0 spiro atoms. The molecule has 0 aliphatic carbocycles. The van der Waals surface area contributed by atoms with E-state index in [1.807, 2.05) is 36.4 Å². The van der Waals surface area contributed by atoms with Crippen LogP contribution in [0, 0.1) is 0 Å². The van der Waals surface area contributed by atoms with Crippen LogP contribution in [0.1, 0.15) is 17.5 Å². The van der Waals surface area contributed by atoms with Crippen molar-refractivity contribution in [2.45, 2.75) is 12.5 Å². The second-order valence-electron chi connectivity index (χ2n) is 4.85. The fourth-order valence-electron chi connectivity index (χ4n) is 2.30. The fraction of sp³-hybridized carbons (Fsp3) is 0.125. The highest BCUT2D eigenvalue weighted by molar-refractivity contribution is 5.77. The van der Waals surface area contributed by atoms with Gasteiger partial charge in [-0.3, -0.25) is 4.79 Å². The van der Waals surface area contributed by atoms with E-state index < -0.39 is 6.10 Å². The van der Waals surface area contributed by atoms with Crippen LogP contribution in [-0.4, -0.2) is 14.8 Å². The Morgan fingerprint density at radius 2 is 1.76 bits per heavy atom. The molecule has 1 aromatic heterocycles. The Morgan fingerprint density at radius 1 is 1.10 bits per heavy atom. The lowest BCUT2D eigenvalue weighted by atomic mass is 10.1. The second kappa shape index (κ2) is 5.38. The number of aromatic nitrogens is 2. The van der Waals surface area contributed by atoms with Gasteiger partial charge in [0, 0.05) is 6.42 Å². The minimum atomic E-state index is -0.755. The summed E-state index contributed by atoms with van der Waals surface area (Å²) >= 11 is 0. The fourth-order valence-corrected chi connectivity index (χ4v) is 2.30. The van der Waals surface area contributed by atoms with Crippen LogP contribution in [0.25, 0.3) is 10.9 Å². The predicted octanol–water partition coefficient (Wildman–Crippen LogP) is 1.39. The molecular formula is C16H15N3O2. The lowest BCUT2D eigenvalue weighted by Gasteiger charge is -2.13. The summed E-state index contributed by atoms with van der Waals surface area (Å²) in [4.78, 5) is 16.6. The van der Waals surface area contributed by atoms with Gasteiger partial charge in [-0.1, -0.05) is 42.5 Å². The summed E-state index contributed by atoms with van der Waals surface area (Å²) in [7, 11) is 0. The second-order valence-corrected chi connectivity index (χ2v) is 4.85. The van der Waals surface area contributed by atoms with E-state index in [1.54, 1.807) is 18.2 Å². The number of nitrogens with zero attached hydrogens (tertiary/aromatic N) is 2. The van der Waals surface area contributed by atoms with E-state index >= 15 is 0 Å². The van der Waals surface area contributed by atoms with Gasteiger partial charge in [-0.2, -0.15) is 0 Å². The van der Waals surface area contributed by atoms with Gasteiger partial charge in [0.2, 0.25) is 0 Å². The molecule has 0 saturated carbocycles. The van der Waals surface area contributed by atoms with E-state index in [-0.39, 0.29) is 12.0 Å². The number of nitrogens with two attached hydrogens (primary N) is 1. The minimum Gasteiger partial charge on any atom is -0.388 e. The van der Waals surface area contributed by atoms with Gasteiger partial charge < -0.3 is 10.9 Å². The van der Waals surface area contributed by atoms with E-state index in [2.05, 4.69) is 4.98 Å². The number of aliphatic hydroxyl groups excluding tert-OH is 1. The Kier molecular flexibility index (Phi) is 3.41. The van der Waals surface area contributed by atoms with Crippen LogP contribution in [-0.2, 0) is 6.42 Å². The molecule has 0 aliphatic rings. The van der Waals surface area contributed by atoms with Gasteiger partial charge in [0.05, 0.1) is 17.0 Å². The third-order valence-electron chi connectivity index (χ3n) is 3.44. The zero-order valence-corrected chi connectivity index (χ0v) is 11.3. The molecule has 5 heteroatoms. The number of aliphatic hydroxyl groups is 1. The molecule has 1 atom stereocenters. The van der Waals surface area contributed by atoms with Gasteiger partial charge in [0.1, 0.15) is 5.82 Å². The lowest BCUT2D eigenvalue weighted by molar-refractivity contribution is 0.174. The first-order valence-corrected chi connectivity index (χ1v) is 6.65. The van der Waals surface area contributed by atoms with Crippen LogP contribution in [0.5, 0.6) is 0 Å². The molecule has 3 aromatic rings. The Labute approximate surface area is 121 Å². The number of hydrogen-bond acceptors (Lipinski definition) is 4. The number of para-hydroxylation sites is 1. The SMILES string of the molecule is Nn1c(CC(O)c2ccccc2)nc2ccccc2c1=O. The first kappa shape index (κ1) is 13.3. The van der Waals surface area contributed by atoms with Crippen LogP contribution in [0.2, 0.25) is 0 Å². The van der Waals surface area contributed by atoms with Gasteiger partial charge in [-0.15, -0.1) is 0 Å². The predicted molar refractivity (Wildman–Crippen MR) is 81.3 cm³/mol. The van der Waals surface area contributed by atoms with E-state index in [9.17, 15) is 9.90 Å². The van der Waals surface area contributed by atoms with Crippen molar-refractivity contribution in [3.8, 4) is 0 Å². The highest BCUT2D eigenvalue weighted by Crippen LogP contribution is 2.17. The maximum atomic E-state index is 12.2. The molecule has 0 aliphatic heterocycles. The van der Waals surface area contributed by atoms with Gasteiger partial charge in [-0.05, 0) is 17.7 Å². The van der Waals surface area contributed by atoms with E-state index in [0.29, 0.717) is 16.7 Å². The van der Waals surface area contributed by atoms with Gasteiger partial charge in [0.25, 0.3) is 5.56 Å².